The summed E-state index contributed by atoms with van der Waals surface area (Å²) in [6.07, 6.45) is -0.0453. The van der Waals surface area contributed by atoms with E-state index in [1.807, 2.05) is 25.1 Å². The van der Waals surface area contributed by atoms with Gasteiger partial charge < -0.3 is 10.0 Å². The molecule has 0 spiro atoms. The summed E-state index contributed by atoms with van der Waals surface area (Å²) in [5, 5.41) is 9.41. The van der Waals surface area contributed by atoms with Crippen LogP contribution in [0.2, 0.25) is 5.02 Å². The van der Waals surface area contributed by atoms with Crippen LogP contribution < -0.4 is 0 Å². The smallest absolute Gasteiger partial charge is 0.305 e. The van der Waals surface area contributed by atoms with Crippen LogP contribution in [0.15, 0.2) is 29.2 Å². The normalized spacial score (nSPS) is 11.9. The van der Waals surface area contributed by atoms with Gasteiger partial charge in [-0.3, -0.25) is 9.59 Å². The third-order valence-corrected chi connectivity index (χ3v) is 4.35. The Balaban J connectivity index is 2.60. The Morgan fingerprint density at radius 2 is 2.05 bits per heavy atom. The molecule has 0 fully saturated rings. The van der Waals surface area contributed by atoms with E-state index < -0.39 is 5.97 Å². The molecule has 0 saturated heterocycles. The third-order valence-electron chi connectivity index (χ3n) is 2.85. The summed E-state index contributed by atoms with van der Waals surface area (Å²) in [5.74, 6) is -0.727. The van der Waals surface area contributed by atoms with Gasteiger partial charge in [-0.15, -0.1) is 11.8 Å². The molecule has 1 atom stereocenters. The second-order valence-electron chi connectivity index (χ2n) is 4.35. The van der Waals surface area contributed by atoms with Gasteiger partial charge in [-0.05, 0) is 26.0 Å². The van der Waals surface area contributed by atoms with Crippen molar-refractivity contribution in [3.63, 3.8) is 0 Å². The second-order valence-corrected chi connectivity index (χ2v) is 5.77. The largest absolute Gasteiger partial charge is 0.481 e. The topological polar surface area (TPSA) is 57.6 Å². The van der Waals surface area contributed by atoms with Crippen LogP contribution in [-0.4, -0.2) is 40.2 Å². The van der Waals surface area contributed by atoms with Crippen LogP contribution in [0, 0.1) is 0 Å². The molecule has 1 N–H and O–H groups in total. The first-order valence-corrected chi connectivity index (χ1v) is 7.70. The molecule has 4 nitrogen and oxygen atoms in total. The van der Waals surface area contributed by atoms with Gasteiger partial charge in [0.25, 0.3) is 0 Å². The zero-order valence-electron chi connectivity index (χ0n) is 11.5. The number of halogens is 1. The molecule has 1 amide bonds. The number of thioether (sulfide) groups is 1. The van der Waals surface area contributed by atoms with Crippen molar-refractivity contribution in [1.29, 1.82) is 0 Å². The van der Waals surface area contributed by atoms with Gasteiger partial charge in [0, 0.05) is 17.5 Å². The summed E-state index contributed by atoms with van der Waals surface area (Å²) in [7, 11) is 0. The number of hydrogen-bond acceptors (Lipinski definition) is 3. The Bertz CT molecular complexity index is 481. The minimum Gasteiger partial charge on any atom is -0.481 e. The Kier molecular flexibility index (Phi) is 6.88. The van der Waals surface area contributed by atoms with E-state index in [-0.39, 0.29) is 24.1 Å². The zero-order valence-corrected chi connectivity index (χ0v) is 13.1. The average Bonchev–Trinajstić information content (AvgIpc) is 2.37. The van der Waals surface area contributed by atoms with Crippen LogP contribution in [0.4, 0.5) is 0 Å². The number of carbonyl (C=O) groups is 2. The standard InChI is InChI=1S/C14H18ClNO3S/c1-3-16(10(2)8-14(18)19)13(17)9-20-12-7-5-4-6-11(12)15/h4-7,10H,3,8-9H2,1-2H3,(H,18,19). The number of aliphatic carboxylic acids is 1. The van der Waals surface area contributed by atoms with Crippen LogP contribution in [0.3, 0.4) is 0 Å². The number of amides is 1. The van der Waals surface area contributed by atoms with Crippen LogP contribution in [-0.2, 0) is 9.59 Å². The lowest BCUT2D eigenvalue weighted by Gasteiger charge is -2.27. The first-order chi connectivity index (χ1) is 9.45. The molecule has 0 aliphatic carbocycles. The highest BCUT2D eigenvalue weighted by Crippen LogP contribution is 2.26. The number of rotatable bonds is 7. The van der Waals surface area contributed by atoms with Gasteiger partial charge >= 0.3 is 5.97 Å². The van der Waals surface area contributed by atoms with Crippen molar-refractivity contribution >= 4 is 35.2 Å². The maximum atomic E-state index is 12.2. The Labute approximate surface area is 128 Å². The van der Waals surface area contributed by atoms with Crippen LogP contribution in [0.1, 0.15) is 20.3 Å². The maximum absolute atomic E-state index is 12.2. The molecule has 0 aromatic heterocycles. The molecule has 0 aliphatic heterocycles. The molecule has 1 unspecified atom stereocenters. The van der Waals surface area contributed by atoms with E-state index in [2.05, 4.69) is 0 Å². The lowest BCUT2D eigenvalue weighted by molar-refractivity contribution is -0.139. The Morgan fingerprint density at radius 1 is 1.40 bits per heavy atom. The molecule has 0 saturated carbocycles. The molecule has 0 radical (unpaired) electrons. The van der Waals surface area contributed by atoms with Crippen LogP contribution >= 0.6 is 23.4 Å². The summed E-state index contributed by atoms with van der Waals surface area (Å²) in [4.78, 5) is 25.3. The first kappa shape index (κ1) is 16.9. The van der Waals surface area contributed by atoms with E-state index >= 15 is 0 Å². The minimum absolute atomic E-state index is 0.0453. The maximum Gasteiger partial charge on any atom is 0.305 e. The molecule has 6 heteroatoms. The van der Waals surface area contributed by atoms with Gasteiger partial charge in [0.05, 0.1) is 17.2 Å². The molecule has 1 aromatic rings. The van der Waals surface area contributed by atoms with E-state index in [1.165, 1.54) is 11.8 Å². The average molecular weight is 316 g/mol. The van der Waals surface area contributed by atoms with E-state index in [4.69, 9.17) is 16.7 Å². The van der Waals surface area contributed by atoms with Crippen molar-refractivity contribution in [3.05, 3.63) is 29.3 Å². The summed E-state index contributed by atoms with van der Waals surface area (Å²) >= 11 is 7.39. The van der Waals surface area contributed by atoms with Crippen LogP contribution in [0.25, 0.3) is 0 Å². The number of carboxylic acid groups (broad SMARTS) is 1. The molecule has 20 heavy (non-hydrogen) atoms. The van der Waals surface area contributed by atoms with Crippen molar-refractivity contribution in [2.75, 3.05) is 12.3 Å². The number of nitrogens with zero attached hydrogens (tertiary/aromatic N) is 1. The second kappa shape index (κ2) is 8.17. The van der Waals surface area contributed by atoms with Crippen molar-refractivity contribution < 1.29 is 14.7 Å². The molecule has 1 aromatic carbocycles. The minimum atomic E-state index is -0.900. The molecule has 0 heterocycles. The van der Waals surface area contributed by atoms with Gasteiger partial charge in [-0.25, -0.2) is 0 Å². The molecule has 110 valence electrons. The van der Waals surface area contributed by atoms with E-state index in [0.717, 1.165) is 4.90 Å². The van der Waals surface area contributed by atoms with Crippen molar-refractivity contribution in [1.82, 2.24) is 4.90 Å². The number of carboxylic acids is 1. The van der Waals surface area contributed by atoms with E-state index in [9.17, 15) is 9.59 Å². The molecule has 0 aliphatic rings. The highest BCUT2D eigenvalue weighted by molar-refractivity contribution is 8.00. The fourth-order valence-corrected chi connectivity index (χ4v) is 3.01. The third kappa shape index (κ3) is 5.06. The highest BCUT2D eigenvalue weighted by atomic mass is 35.5. The molecular weight excluding hydrogens is 298 g/mol. The summed E-state index contributed by atoms with van der Waals surface area (Å²) in [5.41, 5.74) is 0. The molecule has 0 bridgehead atoms. The highest BCUT2D eigenvalue weighted by Gasteiger charge is 2.20. The SMILES string of the molecule is CCN(C(=O)CSc1ccccc1Cl)C(C)CC(=O)O. The first-order valence-electron chi connectivity index (χ1n) is 6.34. The summed E-state index contributed by atoms with van der Waals surface area (Å²) < 4.78 is 0. The van der Waals surface area contributed by atoms with Crippen molar-refractivity contribution in [2.45, 2.75) is 31.2 Å². The molecule has 1 rings (SSSR count). The van der Waals surface area contributed by atoms with Gasteiger partial charge in [-0.1, -0.05) is 23.7 Å². The Hall–Kier alpha value is -1.20. The fourth-order valence-electron chi connectivity index (χ4n) is 1.88. The zero-order chi connectivity index (χ0) is 15.1. The summed E-state index contributed by atoms with van der Waals surface area (Å²) in [6, 6.07) is 7.03. The van der Waals surface area contributed by atoms with E-state index in [0.29, 0.717) is 11.6 Å². The summed E-state index contributed by atoms with van der Waals surface area (Å²) in [6.45, 7) is 4.09. The van der Waals surface area contributed by atoms with Gasteiger partial charge in [0.2, 0.25) is 5.91 Å². The van der Waals surface area contributed by atoms with E-state index in [1.54, 1.807) is 17.9 Å². The lowest BCUT2D eigenvalue weighted by atomic mass is 10.2. The fraction of sp³-hybridized carbons (Fsp3) is 0.429. The Morgan fingerprint density at radius 3 is 2.60 bits per heavy atom. The van der Waals surface area contributed by atoms with Gasteiger partial charge in [-0.2, -0.15) is 0 Å². The van der Waals surface area contributed by atoms with Crippen molar-refractivity contribution in [3.8, 4) is 0 Å². The number of hydrogen-bond donors (Lipinski definition) is 1. The quantitative estimate of drug-likeness (QED) is 0.785. The van der Waals surface area contributed by atoms with Gasteiger partial charge in [0.15, 0.2) is 0 Å². The van der Waals surface area contributed by atoms with Crippen molar-refractivity contribution in [2.24, 2.45) is 0 Å². The predicted molar refractivity (Wildman–Crippen MR) is 81.3 cm³/mol. The lowest BCUT2D eigenvalue weighted by Crippen LogP contribution is -2.40. The van der Waals surface area contributed by atoms with Crippen LogP contribution in [0.5, 0.6) is 0 Å². The number of benzene rings is 1. The predicted octanol–water partition coefficient (Wildman–Crippen LogP) is 3.14. The monoisotopic (exact) mass is 315 g/mol. The molecular formula is C14H18ClNO3S. The number of carbonyl (C=O) groups excluding carboxylic acids is 1. The van der Waals surface area contributed by atoms with Gasteiger partial charge in [0.1, 0.15) is 0 Å².